The minimum absolute atomic E-state index is 0. The molecule has 17 heavy (non-hydrogen) atoms. The number of rotatable bonds is 7. The summed E-state index contributed by atoms with van der Waals surface area (Å²) >= 11 is 0. The van der Waals surface area contributed by atoms with Crippen LogP contribution in [0.3, 0.4) is 0 Å². The summed E-state index contributed by atoms with van der Waals surface area (Å²) in [6.45, 7) is 2.55. The average Bonchev–Trinajstić information content (AvgIpc) is 3.15. The number of aliphatic imine (C=N–C) groups is 1. The Bertz CT molecular complexity index is 252. The van der Waals surface area contributed by atoms with Gasteiger partial charge < -0.3 is 15.4 Å². The molecule has 0 heterocycles. The van der Waals surface area contributed by atoms with Gasteiger partial charge in [-0.05, 0) is 38.0 Å². The van der Waals surface area contributed by atoms with Crippen LogP contribution in [0.25, 0.3) is 0 Å². The lowest BCUT2D eigenvalue weighted by atomic mass is 10.4. The summed E-state index contributed by atoms with van der Waals surface area (Å²) in [4.78, 5) is 6.45. The molecule has 0 radical (unpaired) electrons. The van der Waals surface area contributed by atoms with Crippen molar-refractivity contribution in [2.75, 3.05) is 26.8 Å². The second-order valence-electron chi connectivity index (χ2n) is 4.95. The molecule has 0 aromatic heterocycles. The van der Waals surface area contributed by atoms with E-state index in [4.69, 9.17) is 10.5 Å². The van der Waals surface area contributed by atoms with Gasteiger partial charge in [0, 0.05) is 32.8 Å². The highest BCUT2D eigenvalue weighted by Crippen LogP contribution is 2.28. The van der Waals surface area contributed by atoms with Gasteiger partial charge in [0.25, 0.3) is 0 Å². The molecule has 0 aromatic carbocycles. The molecule has 4 nitrogen and oxygen atoms in total. The van der Waals surface area contributed by atoms with Gasteiger partial charge in [-0.15, -0.1) is 24.0 Å². The van der Waals surface area contributed by atoms with Gasteiger partial charge in [-0.1, -0.05) is 0 Å². The van der Waals surface area contributed by atoms with E-state index in [1.807, 2.05) is 7.05 Å². The molecule has 0 atom stereocenters. The van der Waals surface area contributed by atoms with Crippen molar-refractivity contribution >= 4 is 29.9 Å². The largest absolute Gasteiger partial charge is 0.381 e. The van der Waals surface area contributed by atoms with E-state index in [2.05, 4.69) is 9.89 Å². The van der Waals surface area contributed by atoms with Crippen LogP contribution in [0.5, 0.6) is 0 Å². The maximum Gasteiger partial charge on any atom is 0.191 e. The zero-order chi connectivity index (χ0) is 11.4. The fraction of sp³-hybridized carbons (Fsp3) is 0.917. The van der Waals surface area contributed by atoms with Crippen LogP contribution in [0.1, 0.15) is 32.1 Å². The van der Waals surface area contributed by atoms with Crippen LogP contribution in [0.4, 0.5) is 0 Å². The van der Waals surface area contributed by atoms with Crippen molar-refractivity contribution in [3.05, 3.63) is 0 Å². The number of halogens is 1. The number of nitrogens with zero attached hydrogens (tertiary/aromatic N) is 2. The van der Waals surface area contributed by atoms with Crippen LogP contribution in [-0.4, -0.2) is 43.7 Å². The van der Waals surface area contributed by atoms with Crippen molar-refractivity contribution < 1.29 is 4.74 Å². The van der Waals surface area contributed by atoms with Crippen LogP contribution in [0, 0.1) is 5.92 Å². The molecule has 100 valence electrons. The fourth-order valence-corrected chi connectivity index (χ4v) is 1.66. The lowest BCUT2D eigenvalue weighted by Crippen LogP contribution is -2.35. The van der Waals surface area contributed by atoms with Gasteiger partial charge in [0.15, 0.2) is 5.96 Å². The highest BCUT2D eigenvalue weighted by Gasteiger charge is 2.27. The topological polar surface area (TPSA) is 50.8 Å². The molecule has 2 aliphatic rings. The second kappa shape index (κ2) is 7.41. The van der Waals surface area contributed by atoms with Gasteiger partial charge in [0.2, 0.25) is 0 Å². The zero-order valence-electron chi connectivity index (χ0n) is 10.6. The standard InChI is InChI=1S/C12H23N3O.HI/c1-15(11-5-6-11)12(13)14-7-2-8-16-9-10-3-4-10;/h10-11H,2-9H2,1H3,(H2,13,14);1H. The summed E-state index contributed by atoms with van der Waals surface area (Å²) in [6.07, 6.45) is 6.22. The van der Waals surface area contributed by atoms with E-state index >= 15 is 0 Å². The third-order valence-electron chi connectivity index (χ3n) is 3.23. The van der Waals surface area contributed by atoms with E-state index in [9.17, 15) is 0 Å². The first-order chi connectivity index (χ1) is 7.77. The molecule has 2 N–H and O–H groups in total. The molecule has 0 aromatic rings. The summed E-state index contributed by atoms with van der Waals surface area (Å²) in [7, 11) is 2.03. The number of ether oxygens (including phenoxy) is 1. The van der Waals surface area contributed by atoms with Crippen LogP contribution in [-0.2, 0) is 4.74 Å². The third kappa shape index (κ3) is 5.90. The van der Waals surface area contributed by atoms with Gasteiger partial charge in [-0.2, -0.15) is 0 Å². The maximum absolute atomic E-state index is 5.87. The van der Waals surface area contributed by atoms with Crippen LogP contribution >= 0.6 is 24.0 Å². The summed E-state index contributed by atoms with van der Waals surface area (Å²) in [5.74, 6) is 1.54. The SMILES string of the molecule is CN(C(N)=NCCCOCC1CC1)C1CC1.I. The normalized spacial score (nSPS) is 19.9. The molecule has 2 rings (SSSR count). The van der Waals surface area contributed by atoms with E-state index in [1.54, 1.807) is 0 Å². The minimum atomic E-state index is 0. The molecule has 0 amide bonds. The summed E-state index contributed by atoms with van der Waals surface area (Å²) in [6, 6.07) is 0.648. The third-order valence-corrected chi connectivity index (χ3v) is 3.23. The Hall–Kier alpha value is -0.0400. The zero-order valence-corrected chi connectivity index (χ0v) is 12.9. The maximum atomic E-state index is 5.87. The Morgan fingerprint density at radius 1 is 1.35 bits per heavy atom. The molecule has 0 unspecified atom stereocenters. The molecular weight excluding hydrogens is 329 g/mol. The van der Waals surface area contributed by atoms with E-state index in [-0.39, 0.29) is 24.0 Å². The van der Waals surface area contributed by atoms with Crippen molar-refractivity contribution in [2.24, 2.45) is 16.6 Å². The predicted molar refractivity (Wildman–Crippen MR) is 80.8 cm³/mol. The molecule has 5 heteroatoms. The lowest BCUT2D eigenvalue weighted by molar-refractivity contribution is 0.123. The van der Waals surface area contributed by atoms with Gasteiger partial charge in [0.05, 0.1) is 0 Å². The quantitative estimate of drug-likeness (QED) is 0.329. The first kappa shape index (κ1) is 15.0. The van der Waals surface area contributed by atoms with E-state index < -0.39 is 0 Å². The van der Waals surface area contributed by atoms with Crippen LogP contribution in [0.15, 0.2) is 4.99 Å². The Morgan fingerprint density at radius 3 is 2.65 bits per heavy atom. The number of guanidine groups is 1. The molecule has 0 bridgehead atoms. The highest BCUT2D eigenvalue weighted by atomic mass is 127. The number of hydrogen-bond acceptors (Lipinski definition) is 2. The Kier molecular flexibility index (Phi) is 6.54. The molecule has 0 saturated heterocycles. The predicted octanol–water partition coefficient (Wildman–Crippen LogP) is 1.83. The van der Waals surface area contributed by atoms with Crippen LogP contribution in [0.2, 0.25) is 0 Å². The van der Waals surface area contributed by atoms with Crippen molar-refractivity contribution in [3.63, 3.8) is 0 Å². The van der Waals surface area contributed by atoms with Gasteiger partial charge in [0.1, 0.15) is 0 Å². The van der Waals surface area contributed by atoms with Crippen molar-refractivity contribution in [1.82, 2.24) is 4.90 Å². The smallest absolute Gasteiger partial charge is 0.191 e. The molecule has 0 aliphatic heterocycles. The highest BCUT2D eigenvalue weighted by molar-refractivity contribution is 14.0. The summed E-state index contributed by atoms with van der Waals surface area (Å²) < 4.78 is 5.54. The van der Waals surface area contributed by atoms with Crippen molar-refractivity contribution in [3.8, 4) is 0 Å². The summed E-state index contributed by atoms with van der Waals surface area (Å²) in [5, 5.41) is 0. The fourth-order valence-electron chi connectivity index (χ4n) is 1.66. The minimum Gasteiger partial charge on any atom is -0.381 e. The molecule has 2 fully saturated rings. The first-order valence-electron chi connectivity index (χ1n) is 6.38. The van der Waals surface area contributed by atoms with E-state index in [1.165, 1.54) is 25.7 Å². The molecule has 2 aliphatic carbocycles. The van der Waals surface area contributed by atoms with E-state index in [0.29, 0.717) is 12.0 Å². The van der Waals surface area contributed by atoms with Gasteiger partial charge in [-0.25, -0.2) is 0 Å². The average molecular weight is 353 g/mol. The Balaban J connectivity index is 0.00000144. The van der Waals surface area contributed by atoms with Gasteiger partial charge >= 0.3 is 0 Å². The van der Waals surface area contributed by atoms with Crippen molar-refractivity contribution in [2.45, 2.75) is 38.1 Å². The summed E-state index contributed by atoms with van der Waals surface area (Å²) in [5.41, 5.74) is 5.87. The Labute approximate surface area is 121 Å². The van der Waals surface area contributed by atoms with Gasteiger partial charge in [-0.3, -0.25) is 4.99 Å². The lowest BCUT2D eigenvalue weighted by Gasteiger charge is -2.16. The van der Waals surface area contributed by atoms with Crippen LogP contribution < -0.4 is 5.73 Å². The number of nitrogens with two attached hydrogens (primary N) is 1. The molecule has 2 saturated carbocycles. The second-order valence-corrected chi connectivity index (χ2v) is 4.95. The molecular formula is C12H24IN3O. The van der Waals surface area contributed by atoms with Crippen molar-refractivity contribution in [1.29, 1.82) is 0 Å². The number of hydrogen-bond donors (Lipinski definition) is 1. The molecule has 0 spiro atoms. The van der Waals surface area contributed by atoms with E-state index in [0.717, 1.165) is 32.1 Å². The first-order valence-corrected chi connectivity index (χ1v) is 6.38. The monoisotopic (exact) mass is 353 g/mol. The Morgan fingerprint density at radius 2 is 2.06 bits per heavy atom.